The standard InChI is InChI=1S/C15H23NO2/c1-11(2)16(10-17)13-8-6-12(7-9-13)14(18)15(3,4)5/h6-11,14,18H,1-5H3. The number of carbonyl (C=O) groups excluding carboxylic acids is 1. The number of hydrogen-bond donors (Lipinski definition) is 1. The van der Waals surface area contributed by atoms with Crippen molar-refractivity contribution in [2.75, 3.05) is 4.90 Å². The van der Waals surface area contributed by atoms with Gasteiger partial charge in [0.1, 0.15) is 0 Å². The van der Waals surface area contributed by atoms with Crippen LogP contribution in [0.2, 0.25) is 0 Å². The van der Waals surface area contributed by atoms with Gasteiger partial charge < -0.3 is 10.0 Å². The summed E-state index contributed by atoms with van der Waals surface area (Å²) in [6.07, 6.45) is 0.329. The maximum Gasteiger partial charge on any atom is 0.214 e. The molecule has 0 aliphatic rings. The molecule has 0 radical (unpaired) electrons. The van der Waals surface area contributed by atoms with Gasteiger partial charge in [0.15, 0.2) is 0 Å². The molecule has 1 aromatic carbocycles. The van der Waals surface area contributed by atoms with Gasteiger partial charge in [0.05, 0.1) is 6.10 Å². The van der Waals surface area contributed by atoms with E-state index in [0.29, 0.717) is 0 Å². The molecule has 0 fully saturated rings. The molecule has 1 rings (SSSR count). The molecule has 1 aromatic rings. The lowest BCUT2D eigenvalue weighted by atomic mass is 9.85. The summed E-state index contributed by atoms with van der Waals surface area (Å²) in [5.74, 6) is 0. The van der Waals surface area contributed by atoms with E-state index >= 15 is 0 Å². The van der Waals surface area contributed by atoms with E-state index in [0.717, 1.165) is 17.7 Å². The number of anilines is 1. The topological polar surface area (TPSA) is 40.5 Å². The van der Waals surface area contributed by atoms with Crippen LogP contribution in [0.15, 0.2) is 24.3 Å². The lowest BCUT2D eigenvalue weighted by Gasteiger charge is -2.27. The maximum atomic E-state index is 11.0. The molecule has 1 N–H and O–H groups in total. The highest BCUT2D eigenvalue weighted by Crippen LogP contribution is 2.33. The van der Waals surface area contributed by atoms with Gasteiger partial charge in [-0.2, -0.15) is 0 Å². The summed E-state index contributed by atoms with van der Waals surface area (Å²) < 4.78 is 0. The van der Waals surface area contributed by atoms with Gasteiger partial charge in [-0.15, -0.1) is 0 Å². The Kier molecular flexibility index (Phi) is 4.52. The first kappa shape index (κ1) is 14.7. The van der Waals surface area contributed by atoms with Crippen LogP contribution < -0.4 is 4.90 Å². The second kappa shape index (κ2) is 5.53. The Morgan fingerprint density at radius 2 is 1.67 bits per heavy atom. The Morgan fingerprint density at radius 3 is 2.00 bits per heavy atom. The van der Waals surface area contributed by atoms with Crippen molar-refractivity contribution in [1.29, 1.82) is 0 Å². The molecule has 0 bridgehead atoms. The molecule has 100 valence electrons. The van der Waals surface area contributed by atoms with Crippen molar-refractivity contribution in [3.63, 3.8) is 0 Å². The van der Waals surface area contributed by atoms with Crippen LogP contribution in [0.25, 0.3) is 0 Å². The van der Waals surface area contributed by atoms with Gasteiger partial charge in [-0.25, -0.2) is 0 Å². The third kappa shape index (κ3) is 3.33. The first-order valence-electron chi connectivity index (χ1n) is 6.29. The molecule has 3 heteroatoms. The zero-order chi connectivity index (χ0) is 13.9. The van der Waals surface area contributed by atoms with Gasteiger partial charge in [-0.05, 0) is 37.0 Å². The number of rotatable bonds is 4. The highest BCUT2D eigenvalue weighted by Gasteiger charge is 2.23. The van der Waals surface area contributed by atoms with Gasteiger partial charge in [0.2, 0.25) is 6.41 Å². The largest absolute Gasteiger partial charge is 0.388 e. The summed E-state index contributed by atoms with van der Waals surface area (Å²) in [5, 5.41) is 10.2. The van der Waals surface area contributed by atoms with Crippen molar-refractivity contribution in [1.82, 2.24) is 0 Å². The van der Waals surface area contributed by atoms with Gasteiger partial charge in [-0.3, -0.25) is 4.79 Å². The molecule has 1 atom stereocenters. The van der Waals surface area contributed by atoms with Gasteiger partial charge >= 0.3 is 0 Å². The van der Waals surface area contributed by atoms with Crippen LogP contribution in [-0.2, 0) is 4.79 Å². The van der Waals surface area contributed by atoms with Crippen molar-refractivity contribution in [3.8, 4) is 0 Å². The molecular weight excluding hydrogens is 226 g/mol. The summed E-state index contributed by atoms with van der Waals surface area (Å²) in [6, 6.07) is 7.63. The number of aliphatic hydroxyl groups is 1. The van der Waals surface area contributed by atoms with Crippen LogP contribution in [0, 0.1) is 5.41 Å². The van der Waals surface area contributed by atoms with E-state index < -0.39 is 6.10 Å². The van der Waals surface area contributed by atoms with Crippen LogP contribution in [-0.4, -0.2) is 17.6 Å². The molecule has 1 unspecified atom stereocenters. The smallest absolute Gasteiger partial charge is 0.214 e. The minimum Gasteiger partial charge on any atom is -0.388 e. The van der Waals surface area contributed by atoms with Crippen molar-refractivity contribution in [2.45, 2.75) is 46.8 Å². The van der Waals surface area contributed by atoms with Crippen LogP contribution in [0.1, 0.15) is 46.3 Å². The molecule has 0 saturated carbocycles. The highest BCUT2D eigenvalue weighted by molar-refractivity contribution is 5.75. The van der Waals surface area contributed by atoms with E-state index in [1.807, 2.05) is 58.9 Å². The van der Waals surface area contributed by atoms with E-state index in [1.165, 1.54) is 0 Å². The van der Waals surface area contributed by atoms with Crippen molar-refractivity contribution in [3.05, 3.63) is 29.8 Å². The zero-order valence-electron chi connectivity index (χ0n) is 11.8. The van der Waals surface area contributed by atoms with E-state index in [1.54, 1.807) is 4.90 Å². The van der Waals surface area contributed by atoms with E-state index in [9.17, 15) is 9.90 Å². The molecule has 0 heterocycles. The van der Waals surface area contributed by atoms with Gasteiger partial charge in [-0.1, -0.05) is 32.9 Å². The Balaban J connectivity index is 2.96. The summed E-state index contributed by atoms with van der Waals surface area (Å²) >= 11 is 0. The lowest BCUT2D eigenvalue weighted by molar-refractivity contribution is -0.107. The van der Waals surface area contributed by atoms with Crippen LogP contribution in [0.4, 0.5) is 5.69 Å². The number of aliphatic hydroxyl groups excluding tert-OH is 1. The zero-order valence-corrected chi connectivity index (χ0v) is 11.8. The van der Waals surface area contributed by atoms with E-state index in [2.05, 4.69) is 0 Å². The minimum atomic E-state index is -0.504. The Bertz CT molecular complexity index is 390. The molecule has 0 aliphatic carbocycles. The minimum absolute atomic E-state index is 0.126. The summed E-state index contributed by atoms with van der Waals surface area (Å²) in [4.78, 5) is 12.7. The molecule has 0 aromatic heterocycles. The lowest BCUT2D eigenvalue weighted by Crippen LogP contribution is -2.28. The SMILES string of the molecule is CC(C)N(C=O)c1ccc(C(O)C(C)(C)C)cc1. The molecular formula is C15H23NO2. The average Bonchev–Trinajstić information content (AvgIpc) is 2.28. The van der Waals surface area contributed by atoms with Crippen molar-refractivity contribution in [2.24, 2.45) is 5.41 Å². The fourth-order valence-corrected chi connectivity index (χ4v) is 1.81. The number of carbonyl (C=O) groups is 1. The monoisotopic (exact) mass is 249 g/mol. The van der Waals surface area contributed by atoms with Crippen molar-refractivity contribution >= 4 is 12.1 Å². The molecule has 3 nitrogen and oxygen atoms in total. The Hall–Kier alpha value is -1.35. The summed E-state index contributed by atoms with van der Waals surface area (Å²) in [6.45, 7) is 9.92. The van der Waals surface area contributed by atoms with Crippen molar-refractivity contribution < 1.29 is 9.90 Å². The van der Waals surface area contributed by atoms with Crippen LogP contribution in [0.3, 0.4) is 0 Å². The molecule has 18 heavy (non-hydrogen) atoms. The Labute approximate surface area is 109 Å². The predicted octanol–water partition coefficient (Wildman–Crippen LogP) is 3.14. The van der Waals surface area contributed by atoms with Gasteiger partial charge in [0.25, 0.3) is 0 Å². The number of amides is 1. The van der Waals surface area contributed by atoms with Gasteiger partial charge in [0, 0.05) is 11.7 Å². The highest BCUT2D eigenvalue weighted by atomic mass is 16.3. The maximum absolute atomic E-state index is 11.0. The number of benzene rings is 1. The summed E-state index contributed by atoms with van der Waals surface area (Å²) in [5.41, 5.74) is 1.54. The fourth-order valence-electron chi connectivity index (χ4n) is 1.81. The summed E-state index contributed by atoms with van der Waals surface area (Å²) in [7, 11) is 0. The second-order valence-corrected chi connectivity index (χ2v) is 5.97. The van der Waals surface area contributed by atoms with E-state index in [-0.39, 0.29) is 11.5 Å². The third-order valence-corrected chi connectivity index (χ3v) is 3.00. The van der Waals surface area contributed by atoms with Crippen LogP contribution >= 0.6 is 0 Å². The molecule has 0 spiro atoms. The quantitative estimate of drug-likeness (QED) is 0.833. The first-order chi connectivity index (χ1) is 8.27. The molecule has 0 saturated heterocycles. The molecule has 1 amide bonds. The Morgan fingerprint density at radius 1 is 1.17 bits per heavy atom. The normalized spacial score (nSPS) is 13.5. The third-order valence-electron chi connectivity index (χ3n) is 3.00. The fraction of sp³-hybridized carbons (Fsp3) is 0.533. The predicted molar refractivity (Wildman–Crippen MR) is 74.5 cm³/mol. The van der Waals surface area contributed by atoms with Crippen LogP contribution in [0.5, 0.6) is 0 Å². The first-order valence-corrected chi connectivity index (χ1v) is 6.29. The second-order valence-electron chi connectivity index (χ2n) is 5.97. The number of hydrogen-bond acceptors (Lipinski definition) is 2. The average molecular weight is 249 g/mol. The van der Waals surface area contributed by atoms with E-state index in [4.69, 9.17) is 0 Å². The number of nitrogens with zero attached hydrogens (tertiary/aromatic N) is 1. The molecule has 0 aliphatic heterocycles.